The van der Waals surface area contributed by atoms with E-state index in [9.17, 15) is 50.6 Å². The van der Waals surface area contributed by atoms with Gasteiger partial charge in [0.25, 0.3) is 0 Å². The molecule has 16 heteroatoms. The predicted molar refractivity (Wildman–Crippen MR) is 156 cm³/mol. The Balaban J connectivity index is 1.38. The number of aromatic hydroxyl groups is 1. The lowest BCUT2D eigenvalue weighted by Crippen LogP contribution is -2.33. The van der Waals surface area contributed by atoms with Crippen molar-refractivity contribution in [3.8, 4) is 5.75 Å². The molecule has 0 saturated carbocycles. The summed E-state index contributed by atoms with van der Waals surface area (Å²) < 4.78 is 80.9. The first-order valence-electron chi connectivity index (χ1n) is 13.3. The van der Waals surface area contributed by atoms with Gasteiger partial charge in [-0.1, -0.05) is 47.4 Å². The minimum absolute atomic E-state index is 0.109. The largest absolute Gasteiger partial charge is 0.508 e. The Hall–Kier alpha value is -4.57. The minimum atomic E-state index is -4.74. The second-order valence-corrected chi connectivity index (χ2v) is 12.6. The van der Waals surface area contributed by atoms with Crippen molar-refractivity contribution in [1.82, 2.24) is 4.57 Å². The summed E-state index contributed by atoms with van der Waals surface area (Å²) in [4.78, 5) is 54.2. The molecule has 3 aromatic carbocycles. The monoisotopic (exact) mass is 679 g/mol. The molecule has 1 aromatic heterocycles. The number of amides is 3. The van der Waals surface area contributed by atoms with Gasteiger partial charge in [0.05, 0.1) is 27.8 Å². The highest BCUT2D eigenvalue weighted by molar-refractivity contribution is 8.00. The van der Waals surface area contributed by atoms with E-state index in [4.69, 9.17) is 0 Å². The SMILES string of the molecule is O=C(Cn1c2c(sc1=O)[C@@H](c1ccc(O)cc1)[C@H]1C(=O)N(c3cccc(C(F)(F)F)c3)C(=O)[C@H]1S2)Nc1cccc(C(F)(F)F)c1. The van der Waals surface area contributed by atoms with Crippen molar-refractivity contribution >= 4 is 52.2 Å². The minimum Gasteiger partial charge on any atom is -0.508 e. The number of hydrogen-bond acceptors (Lipinski definition) is 7. The lowest BCUT2D eigenvalue weighted by molar-refractivity contribution is -0.138. The Bertz CT molecular complexity index is 1940. The van der Waals surface area contributed by atoms with Crippen molar-refractivity contribution in [3.05, 3.63) is 104 Å². The molecule has 46 heavy (non-hydrogen) atoms. The van der Waals surface area contributed by atoms with Crippen LogP contribution in [0.25, 0.3) is 0 Å². The van der Waals surface area contributed by atoms with Gasteiger partial charge in [-0.3, -0.25) is 23.7 Å². The standard InChI is InChI=1S/C30H19F6N3O5S2/c31-29(32,33)15-3-1-5-17(11-15)37-20(41)13-38-27-24(46-28(38)44)21(14-7-9-19(40)10-8-14)22-23(45-27)26(43)39(25(22)42)18-6-2-4-16(12-18)30(34,35)36/h1-12,21-23,40H,13H2,(H,37,41)/t21-,22+,23-/m0/s1. The second-order valence-electron chi connectivity index (χ2n) is 10.4. The highest BCUT2D eigenvalue weighted by Gasteiger charge is 2.57. The Morgan fingerprint density at radius 2 is 1.48 bits per heavy atom. The average molecular weight is 680 g/mol. The summed E-state index contributed by atoms with van der Waals surface area (Å²) in [5, 5.41) is 11.1. The summed E-state index contributed by atoms with van der Waals surface area (Å²) in [5.74, 6) is -4.69. The number of hydrogen-bond donors (Lipinski definition) is 2. The normalized spacial score (nSPS) is 19.6. The fourth-order valence-electron chi connectivity index (χ4n) is 5.49. The molecule has 2 aliphatic heterocycles. The first-order chi connectivity index (χ1) is 21.6. The molecule has 2 N–H and O–H groups in total. The topological polar surface area (TPSA) is 109 Å². The van der Waals surface area contributed by atoms with Gasteiger partial charge in [0.15, 0.2) is 0 Å². The maximum absolute atomic E-state index is 13.9. The van der Waals surface area contributed by atoms with E-state index in [1.54, 1.807) is 0 Å². The van der Waals surface area contributed by atoms with Crippen LogP contribution in [0.5, 0.6) is 5.75 Å². The Kier molecular flexibility index (Phi) is 7.75. The number of halogens is 6. The van der Waals surface area contributed by atoms with Crippen molar-refractivity contribution in [2.45, 2.75) is 35.1 Å². The molecule has 0 aliphatic carbocycles. The number of carbonyl (C=O) groups excluding carboxylic acids is 3. The van der Waals surface area contributed by atoms with E-state index < -0.39 is 69.7 Å². The van der Waals surface area contributed by atoms with E-state index in [2.05, 4.69) is 5.32 Å². The number of carbonyl (C=O) groups is 3. The number of nitrogens with zero attached hydrogens (tertiary/aromatic N) is 2. The molecular formula is C30H19F6N3O5S2. The highest BCUT2D eigenvalue weighted by Crippen LogP contribution is 2.54. The molecule has 1 fully saturated rings. The van der Waals surface area contributed by atoms with Gasteiger partial charge < -0.3 is 10.4 Å². The number of alkyl halides is 6. The number of phenols is 1. The molecule has 6 rings (SSSR count). The summed E-state index contributed by atoms with van der Waals surface area (Å²) in [5.41, 5.74) is -2.10. The van der Waals surface area contributed by atoms with Crippen LogP contribution in [-0.2, 0) is 33.3 Å². The molecule has 8 nitrogen and oxygen atoms in total. The number of thioether (sulfide) groups is 1. The van der Waals surface area contributed by atoms with Crippen molar-refractivity contribution in [2.24, 2.45) is 5.92 Å². The van der Waals surface area contributed by atoms with Crippen LogP contribution in [-0.4, -0.2) is 32.6 Å². The molecule has 0 spiro atoms. The van der Waals surface area contributed by atoms with Crippen LogP contribution in [0.15, 0.2) is 82.6 Å². The maximum Gasteiger partial charge on any atom is 0.416 e. The molecular weight excluding hydrogens is 660 g/mol. The zero-order valence-electron chi connectivity index (χ0n) is 22.9. The van der Waals surface area contributed by atoms with E-state index in [0.717, 1.165) is 46.7 Å². The molecule has 2 aliphatic rings. The van der Waals surface area contributed by atoms with Crippen molar-refractivity contribution in [3.63, 3.8) is 0 Å². The van der Waals surface area contributed by atoms with Gasteiger partial charge in [-0.25, -0.2) is 4.90 Å². The van der Waals surface area contributed by atoms with Gasteiger partial charge in [0.1, 0.15) is 17.5 Å². The number of phenolic OH excluding ortho intramolecular Hbond substituents is 1. The van der Waals surface area contributed by atoms with Crippen molar-refractivity contribution in [2.75, 3.05) is 10.2 Å². The van der Waals surface area contributed by atoms with Crippen LogP contribution in [0, 0.1) is 5.92 Å². The summed E-state index contributed by atoms with van der Waals surface area (Å²) in [6, 6.07) is 13.3. The van der Waals surface area contributed by atoms with Crippen LogP contribution in [0.1, 0.15) is 27.5 Å². The third kappa shape index (κ3) is 5.66. The van der Waals surface area contributed by atoms with Crippen LogP contribution in [0.3, 0.4) is 0 Å². The van der Waals surface area contributed by atoms with Crippen LogP contribution in [0.4, 0.5) is 37.7 Å². The van der Waals surface area contributed by atoms with Crippen molar-refractivity contribution in [1.29, 1.82) is 0 Å². The van der Waals surface area contributed by atoms with Gasteiger partial charge in [-0.2, -0.15) is 26.3 Å². The lowest BCUT2D eigenvalue weighted by Gasteiger charge is -2.30. The van der Waals surface area contributed by atoms with Gasteiger partial charge in [-0.15, -0.1) is 0 Å². The third-order valence-corrected chi connectivity index (χ3v) is 10.1. The number of imide groups is 1. The number of benzene rings is 3. The maximum atomic E-state index is 13.9. The zero-order valence-corrected chi connectivity index (χ0v) is 24.6. The van der Waals surface area contributed by atoms with E-state index in [-0.39, 0.29) is 22.2 Å². The van der Waals surface area contributed by atoms with E-state index >= 15 is 0 Å². The summed E-state index contributed by atoms with van der Waals surface area (Å²) >= 11 is 1.51. The molecule has 0 unspecified atom stereocenters. The van der Waals surface area contributed by atoms with Gasteiger partial charge in [0, 0.05) is 16.5 Å². The second kappa shape index (κ2) is 11.3. The van der Waals surface area contributed by atoms with Gasteiger partial charge in [0.2, 0.25) is 17.7 Å². The van der Waals surface area contributed by atoms with Crippen molar-refractivity contribution < 1.29 is 45.8 Å². The Morgan fingerprint density at radius 1 is 0.848 bits per heavy atom. The number of anilines is 2. The number of thiazole rings is 1. The number of rotatable bonds is 5. The fraction of sp³-hybridized carbons (Fsp3) is 0.200. The van der Waals surface area contributed by atoms with Crippen LogP contribution in [0.2, 0.25) is 0 Å². The molecule has 238 valence electrons. The molecule has 3 amide bonds. The number of fused-ring (bicyclic) bond motifs is 2. The Morgan fingerprint density at radius 3 is 2.13 bits per heavy atom. The summed E-state index contributed by atoms with van der Waals surface area (Å²) in [6.07, 6.45) is -9.40. The number of aromatic nitrogens is 1. The smallest absolute Gasteiger partial charge is 0.416 e. The molecule has 4 aromatic rings. The number of nitrogens with one attached hydrogen (secondary N) is 1. The van der Waals surface area contributed by atoms with Crippen LogP contribution >= 0.6 is 23.1 Å². The van der Waals surface area contributed by atoms with Gasteiger partial charge >= 0.3 is 17.2 Å². The predicted octanol–water partition coefficient (Wildman–Crippen LogP) is 6.09. The zero-order chi connectivity index (χ0) is 33.1. The molecule has 3 atom stereocenters. The van der Waals surface area contributed by atoms with E-state index in [1.165, 1.54) is 36.4 Å². The third-order valence-electron chi connectivity index (χ3n) is 7.51. The summed E-state index contributed by atoms with van der Waals surface area (Å²) in [6.45, 7) is -0.646. The molecule has 0 bridgehead atoms. The quantitative estimate of drug-likeness (QED) is 0.195. The molecule has 0 radical (unpaired) electrons. The molecule has 1 saturated heterocycles. The fourth-order valence-corrected chi connectivity index (χ4v) is 8.26. The van der Waals surface area contributed by atoms with Crippen LogP contribution < -0.4 is 15.1 Å². The highest BCUT2D eigenvalue weighted by atomic mass is 32.2. The van der Waals surface area contributed by atoms with Gasteiger partial charge in [-0.05, 0) is 54.1 Å². The van der Waals surface area contributed by atoms with E-state index in [0.29, 0.717) is 32.7 Å². The Labute approximate surface area is 263 Å². The first-order valence-corrected chi connectivity index (χ1v) is 15.0. The first kappa shape index (κ1) is 31.4. The lowest BCUT2D eigenvalue weighted by atomic mass is 9.83. The summed E-state index contributed by atoms with van der Waals surface area (Å²) in [7, 11) is 0. The molecule has 3 heterocycles. The van der Waals surface area contributed by atoms with E-state index in [1.807, 2.05) is 0 Å². The average Bonchev–Trinajstić information content (AvgIpc) is 3.43.